The summed E-state index contributed by atoms with van der Waals surface area (Å²) in [5.41, 5.74) is 7.03. The Morgan fingerprint density at radius 2 is 1.80 bits per heavy atom. The Morgan fingerprint density at radius 1 is 1.13 bits per heavy atom. The van der Waals surface area contributed by atoms with Crippen LogP contribution in [0.25, 0.3) is 10.9 Å². The maximum absolute atomic E-state index is 12.5. The van der Waals surface area contributed by atoms with Crippen LogP contribution in [0.3, 0.4) is 0 Å². The van der Waals surface area contributed by atoms with E-state index in [9.17, 15) is 4.79 Å². The molecule has 0 spiro atoms. The second-order valence-corrected chi connectivity index (χ2v) is 6.99. The number of hydrogen-bond donors (Lipinski definition) is 3. The molecule has 2 aromatic heterocycles. The van der Waals surface area contributed by atoms with Crippen LogP contribution in [0.1, 0.15) is 12.8 Å². The SMILES string of the molecule is COc1cc(Nc2nc(N3CCC(N)CC3)nc3cc[nH]c(=O)c23)cc(OC)c1.Cl. The van der Waals surface area contributed by atoms with E-state index in [2.05, 4.69) is 25.2 Å². The van der Waals surface area contributed by atoms with Crippen LogP contribution in [0.5, 0.6) is 11.5 Å². The van der Waals surface area contributed by atoms with Crippen molar-refractivity contribution in [1.29, 1.82) is 0 Å². The number of halogens is 1. The van der Waals surface area contributed by atoms with E-state index in [1.54, 1.807) is 32.5 Å². The number of nitrogens with zero attached hydrogens (tertiary/aromatic N) is 3. The number of H-pyrrole nitrogens is 1. The molecule has 1 fully saturated rings. The second kappa shape index (κ2) is 9.19. The van der Waals surface area contributed by atoms with Gasteiger partial charge in [-0.1, -0.05) is 0 Å². The van der Waals surface area contributed by atoms with Crippen molar-refractivity contribution >= 4 is 40.8 Å². The van der Waals surface area contributed by atoms with Crippen molar-refractivity contribution in [3.05, 3.63) is 40.8 Å². The molecule has 1 aromatic carbocycles. The molecule has 0 aliphatic carbocycles. The number of nitrogens with one attached hydrogen (secondary N) is 2. The van der Waals surface area contributed by atoms with Gasteiger partial charge in [0.15, 0.2) is 0 Å². The van der Waals surface area contributed by atoms with E-state index < -0.39 is 0 Å². The number of benzene rings is 1. The number of pyridine rings is 1. The average molecular weight is 433 g/mol. The largest absolute Gasteiger partial charge is 0.497 e. The minimum absolute atomic E-state index is 0. The summed E-state index contributed by atoms with van der Waals surface area (Å²) in [6, 6.07) is 7.38. The highest BCUT2D eigenvalue weighted by Crippen LogP contribution is 2.30. The molecule has 0 unspecified atom stereocenters. The average Bonchev–Trinajstić information content (AvgIpc) is 2.73. The number of methoxy groups -OCH3 is 2. The highest BCUT2D eigenvalue weighted by atomic mass is 35.5. The smallest absolute Gasteiger partial charge is 0.261 e. The molecule has 0 radical (unpaired) electrons. The lowest BCUT2D eigenvalue weighted by molar-refractivity contribution is 0.395. The number of piperidine rings is 1. The van der Waals surface area contributed by atoms with Gasteiger partial charge in [-0.2, -0.15) is 4.98 Å². The number of anilines is 3. The Labute approximate surface area is 180 Å². The second-order valence-electron chi connectivity index (χ2n) is 6.99. The molecule has 10 heteroatoms. The van der Waals surface area contributed by atoms with Gasteiger partial charge >= 0.3 is 0 Å². The molecule has 3 aromatic rings. The van der Waals surface area contributed by atoms with Gasteiger partial charge in [0.25, 0.3) is 5.56 Å². The number of nitrogens with two attached hydrogens (primary N) is 1. The molecule has 1 aliphatic rings. The topological polar surface area (TPSA) is 118 Å². The number of ether oxygens (including phenoxy) is 2. The Kier molecular flexibility index (Phi) is 6.63. The van der Waals surface area contributed by atoms with Crippen molar-refractivity contribution in [2.45, 2.75) is 18.9 Å². The van der Waals surface area contributed by atoms with Crippen molar-refractivity contribution in [2.75, 3.05) is 37.5 Å². The van der Waals surface area contributed by atoms with Crippen molar-refractivity contribution in [3.63, 3.8) is 0 Å². The van der Waals surface area contributed by atoms with Gasteiger partial charge in [-0.15, -0.1) is 12.4 Å². The van der Waals surface area contributed by atoms with E-state index in [0.717, 1.165) is 25.9 Å². The summed E-state index contributed by atoms with van der Waals surface area (Å²) in [7, 11) is 3.17. The summed E-state index contributed by atoms with van der Waals surface area (Å²) in [5.74, 6) is 2.26. The first-order chi connectivity index (χ1) is 14.1. The number of fused-ring (bicyclic) bond motifs is 1. The van der Waals surface area contributed by atoms with Gasteiger partial charge in [0.05, 0.1) is 19.7 Å². The van der Waals surface area contributed by atoms with Gasteiger partial charge in [0.1, 0.15) is 22.7 Å². The maximum Gasteiger partial charge on any atom is 0.261 e. The molecular weight excluding hydrogens is 408 g/mol. The van der Waals surface area contributed by atoms with Gasteiger partial charge < -0.3 is 30.4 Å². The molecule has 4 N–H and O–H groups in total. The van der Waals surface area contributed by atoms with Crippen LogP contribution in [0.2, 0.25) is 0 Å². The number of rotatable bonds is 5. The Balaban J connectivity index is 0.00000256. The molecule has 1 saturated heterocycles. The van der Waals surface area contributed by atoms with E-state index >= 15 is 0 Å². The first kappa shape index (κ1) is 21.7. The lowest BCUT2D eigenvalue weighted by atomic mass is 10.1. The Morgan fingerprint density at radius 3 is 2.43 bits per heavy atom. The third-order valence-electron chi connectivity index (χ3n) is 5.04. The molecule has 0 amide bonds. The molecule has 0 atom stereocenters. The summed E-state index contributed by atoms with van der Waals surface area (Å²) in [4.78, 5) is 26.6. The van der Waals surface area contributed by atoms with Crippen LogP contribution in [0, 0.1) is 0 Å². The number of aromatic nitrogens is 3. The standard InChI is InChI=1S/C20H24N6O3.ClH/c1-28-14-9-13(10-15(11-14)29-2)23-18-17-16(3-6-22-19(17)27)24-20(25-18)26-7-4-12(21)5-8-26;/h3,6,9-12H,4-5,7-8,21H2,1-2H3,(H,22,27)(H,23,24,25);1H. The van der Waals surface area contributed by atoms with Crippen LogP contribution in [-0.2, 0) is 0 Å². The minimum atomic E-state index is -0.257. The quantitative estimate of drug-likeness (QED) is 0.562. The van der Waals surface area contributed by atoms with Crippen molar-refractivity contribution in [3.8, 4) is 11.5 Å². The lowest BCUT2D eigenvalue weighted by Gasteiger charge is -2.30. The third kappa shape index (κ3) is 4.42. The zero-order chi connectivity index (χ0) is 20.4. The molecular formula is C20H25ClN6O3. The van der Waals surface area contributed by atoms with Crippen molar-refractivity contribution in [2.24, 2.45) is 5.73 Å². The van der Waals surface area contributed by atoms with Gasteiger partial charge in [0.2, 0.25) is 5.95 Å². The van der Waals surface area contributed by atoms with Crippen molar-refractivity contribution in [1.82, 2.24) is 15.0 Å². The molecule has 9 nitrogen and oxygen atoms in total. The van der Waals surface area contributed by atoms with Crippen LogP contribution < -0.4 is 31.0 Å². The monoisotopic (exact) mass is 432 g/mol. The maximum atomic E-state index is 12.5. The van der Waals surface area contributed by atoms with E-state index in [1.807, 2.05) is 12.1 Å². The van der Waals surface area contributed by atoms with Crippen LogP contribution in [-0.4, -0.2) is 48.3 Å². The van der Waals surface area contributed by atoms with Crippen LogP contribution in [0.4, 0.5) is 17.5 Å². The number of hydrogen-bond acceptors (Lipinski definition) is 8. The highest BCUT2D eigenvalue weighted by Gasteiger charge is 2.21. The fraction of sp³-hybridized carbons (Fsp3) is 0.350. The van der Waals surface area contributed by atoms with E-state index in [4.69, 9.17) is 15.2 Å². The summed E-state index contributed by atoms with van der Waals surface area (Å²) in [6.07, 6.45) is 3.35. The highest BCUT2D eigenvalue weighted by molar-refractivity contribution is 5.91. The van der Waals surface area contributed by atoms with Crippen LogP contribution in [0.15, 0.2) is 35.3 Å². The fourth-order valence-electron chi connectivity index (χ4n) is 3.43. The summed E-state index contributed by atoms with van der Waals surface area (Å²) < 4.78 is 10.7. The Bertz CT molecular complexity index is 1060. The lowest BCUT2D eigenvalue weighted by Crippen LogP contribution is -2.40. The zero-order valence-corrected chi connectivity index (χ0v) is 17.7. The molecule has 0 bridgehead atoms. The Hall–Kier alpha value is -3.04. The first-order valence-corrected chi connectivity index (χ1v) is 9.47. The predicted molar refractivity (Wildman–Crippen MR) is 120 cm³/mol. The van der Waals surface area contributed by atoms with Gasteiger partial charge in [-0.25, -0.2) is 4.98 Å². The van der Waals surface area contributed by atoms with Gasteiger partial charge in [-0.3, -0.25) is 4.79 Å². The molecule has 0 saturated carbocycles. The molecule has 3 heterocycles. The van der Waals surface area contributed by atoms with Crippen LogP contribution >= 0.6 is 12.4 Å². The minimum Gasteiger partial charge on any atom is -0.497 e. The normalized spacial score (nSPS) is 14.3. The molecule has 30 heavy (non-hydrogen) atoms. The molecule has 1 aliphatic heterocycles. The fourth-order valence-corrected chi connectivity index (χ4v) is 3.43. The number of aromatic amines is 1. The first-order valence-electron chi connectivity index (χ1n) is 9.47. The zero-order valence-electron chi connectivity index (χ0n) is 16.8. The van der Waals surface area contributed by atoms with E-state index in [0.29, 0.717) is 39.9 Å². The van der Waals surface area contributed by atoms with Gasteiger partial charge in [-0.05, 0) is 18.9 Å². The summed E-state index contributed by atoms with van der Waals surface area (Å²) >= 11 is 0. The third-order valence-corrected chi connectivity index (χ3v) is 5.04. The van der Waals surface area contributed by atoms with Crippen molar-refractivity contribution < 1.29 is 9.47 Å². The van der Waals surface area contributed by atoms with E-state index in [1.165, 1.54) is 0 Å². The summed E-state index contributed by atoms with van der Waals surface area (Å²) in [5, 5.41) is 3.64. The summed E-state index contributed by atoms with van der Waals surface area (Å²) in [6.45, 7) is 1.56. The molecule has 4 rings (SSSR count). The van der Waals surface area contributed by atoms with Gasteiger partial charge in [0, 0.05) is 49.2 Å². The predicted octanol–water partition coefficient (Wildman–Crippen LogP) is 2.43. The van der Waals surface area contributed by atoms with E-state index in [-0.39, 0.29) is 24.0 Å². The molecule has 160 valence electrons.